The summed E-state index contributed by atoms with van der Waals surface area (Å²) in [4.78, 5) is 12.5. The molecule has 0 aliphatic rings. The summed E-state index contributed by atoms with van der Waals surface area (Å²) in [5, 5.41) is 4.54. The van der Waals surface area contributed by atoms with Gasteiger partial charge in [-0.15, -0.1) is 4.68 Å². The molecule has 2 aromatic carbocycles. The number of rotatable bonds is 5. The first-order chi connectivity index (χ1) is 11.5. The number of halogens is 1. The van der Waals surface area contributed by atoms with Crippen LogP contribution in [0.4, 0.5) is 0 Å². The Kier molecular flexibility index (Phi) is 4.90. The lowest BCUT2D eigenvalue weighted by Gasteiger charge is -2.02. The Morgan fingerprint density at radius 3 is 2.42 bits per heavy atom. The predicted molar refractivity (Wildman–Crippen MR) is 95.9 cm³/mol. The molecule has 4 nitrogen and oxygen atoms in total. The molecule has 24 heavy (non-hydrogen) atoms. The molecule has 122 valence electrons. The quantitative estimate of drug-likeness (QED) is 0.498. The number of Topliss-reactive ketones (excluding diaryl/α,β-unsaturated/α-hetero) is 1. The summed E-state index contributed by atoms with van der Waals surface area (Å²) in [5.41, 5.74) is 1.91. The van der Waals surface area contributed by atoms with E-state index in [1.54, 1.807) is 4.68 Å². The van der Waals surface area contributed by atoms with E-state index < -0.39 is 0 Å². The second-order valence-corrected chi connectivity index (χ2v) is 6.67. The lowest BCUT2D eigenvalue weighted by Crippen LogP contribution is -2.39. The van der Waals surface area contributed by atoms with Gasteiger partial charge in [-0.2, -0.15) is 0 Å². The zero-order chi connectivity index (χ0) is 17.1. The van der Waals surface area contributed by atoms with Crippen molar-refractivity contribution in [1.29, 1.82) is 0 Å². The van der Waals surface area contributed by atoms with E-state index in [9.17, 15) is 4.79 Å². The third-order valence-electron chi connectivity index (χ3n) is 4.06. The van der Waals surface area contributed by atoms with Crippen molar-refractivity contribution in [2.75, 3.05) is 0 Å². The molecule has 0 aliphatic heterocycles. The minimum Gasteiger partial charge on any atom is -0.290 e. The number of aromatic nitrogens is 3. The van der Waals surface area contributed by atoms with E-state index in [1.165, 1.54) is 5.56 Å². The minimum atomic E-state index is 0.0555. The number of hydrogen-bond acceptors (Lipinski definition) is 2. The summed E-state index contributed by atoms with van der Waals surface area (Å²) in [5.74, 6) is 1.93. The molecule has 0 atom stereocenters. The zero-order valence-corrected chi connectivity index (χ0v) is 15.3. The van der Waals surface area contributed by atoms with Crippen molar-refractivity contribution < 1.29 is 9.36 Å². The van der Waals surface area contributed by atoms with Gasteiger partial charge in [0.15, 0.2) is 12.3 Å². The van der Waals surface area contributed by atoms with Crippen LogP contribution in [-0.2, 0) is 13.1 Å². The normalized spacial score (nSPS) is 10.8. The average Bonchev–Trinajstić information content (AvgIpc) is 2.84. The minimum absolute atomic E-state index is 0.0555. The molecule has 1 aromatic heterocycles. The molecule has 0 unspecified atom stereocenters. The highest BCUT2D eigenvalue weighted by molar-refractivity contribution is 9.10. The van der Waals surface area contributed by atoms with Gasteiger partial charge < -0.3 is 0 Å². The lowest BCUT2D eigenvalue weighted by molar-refractivity contribution is -0.700. The molecule has 0 bridgehead atoms. The standard InChI is InChI=1S/C19H19BrN3O/c1-14-21-23(13-19(24)17-8-10-18(20)11-9-17)15(2)22(14)12-16-6-4-3-5-7-16/h3-11H,12-13H2,1-2H3/q+1. The molecule has 0 spiro atoms. The van der Waals surface area contributed by atoms with E-state index in [-0.39, 0.29) is 12.3 Å². The monoisotopic (exact) mass is 384 g/mol. The van der Waals surface area contributed by atoms with Crippen molar-refractivity contribution in [3.8, 4) is 0 Å². The smallest absolute Gasteiger partial charge is 0.274 e. The molecule has 5 heteroatoms. The number of carbonyl (C=O) groups is 1. The van der Waals surface area contributed by atoms with Crippen LogP contribution in [-0.4, -0.2) is 15.6 Å². The molecule has 3 aromatic rings. The van der Waals surface area contributed by atoms with Gasteiger partial charge >= 0.3 is 0 Å². The Labute approximate surface area is 149 Å². The van der Waals surface area contributed by atoms with Crippen LogP contribution in [0.25, 0.3) is 0 Å². The summed E-state index contributed by atoms with van der Waals surface area (Å²) in [7, 11) is 0. The van der Waals surface area contributed by atoms with Crippen molar-refractivity contribution in [1.82, 2.24) is 9.78 Å². The molecule has 0 amide bonds. The van der Waals surface area contributed by atoms with Crippen LogP contribution in [0.2, 0.25) is 0 Å². The highest BCUT2D eigenvalue weighted by Crippen LogP contribution is 2.12. The highest BCUT2D eigenvalue weighted by atomic mass is 79.9. The molecule has 1 heterocycles. The molecule has 3 rings (SSSR count). The Bertz CT molecular complexity index is 854. The second kappa shape index (κ2) is 7.09. The fourth-order valence-corrected chi connectivity index (χ4v) is 2.95. The Morgan fingerprint density at radius 2 is 1.75 bits per heavy atom. The molecule has 0 saturated heterocycles. The molecule has 0 N–H and O–H groups in total. The van der Waals surface area contributed by atoms with Crippen LogP contribution >= 0.6 is 15.9 Å². The first kappa shape index (κ1) is 16.6. The Hall–Kier alpha value is -2.27. The summed E-state index contributed by atoms with van der Waals surface area (Å²) >= 11 is 3.39. The zero-order valence-electron chi connectivity index (χ0n) is 13.7. The van der Waals surface area contributed by atoms with Gasteiger partial charge in [0, 0.05) is 29.0 Å². The fourth-order valence-electron chi connectivity index (χ4n) is 2.68. The summed E-state index contributed by atoms with van der Waals surface area (Å²) in [6.45, 7) is 4.97. The largest absolute Gasteiger partial charge is 0.290 e. The molecule has 0 saturated carbocycles. The van der Waals surface area contributed by atoms with Crippen LogP contribution < -0.4 is 4.57 Å². The number of nitrogens with zero attached hydrogens (tertiary/aromatic N) is 3. The van der Waals surface area contributed by atoms with E-state index in [4.69, 9.17) is 0 Å². The summed E-state index contributed by atoms with van der Waals surface area (Å²) in [6, 6.07) is 17.7. The Balaban J connectivity index is 1.81. The summed E-state index contributed by atoms with van der Waals surface area (Å²) < 4.78 is 4.87. The fraction of sp³-hybridized carbons (Fsp3) is 0.211. The summed E-state index contributed by atoms with van der Waals surface area (Å²) in [6.07, 6.45) is 0. The van der Waals surface area contributed by atoms with Gasteiger partial charge in [0.05, 0.1) is 6.54 Å². The third kappa shape index (κ3) is 3.62. The van der Waals surface area contributed by atoms with Crippen LogP contribution in [0, 0.1) is 13.8 Å². The number of aryl methyl sites for hydroxylation is 1. The Morgan fingerprint density at radius 1 is 1.08 bits per heavy atom. The predicted octanol–water partition coefficient (Wildman–Crippen LogP) is 3.48. The second-order valence-electron chi connectivity index (χ2n) is 5.75. The van der Waals surface area contributed by atoms with Crippen molar-refractivity contribution in [3.63, 3.8) is 0 Å². The van der Waals surface area contributed by atoms with E-state index in [1.807, 2.05) is 56.3 Å². The third-order valence-corrected chi connectivity index (χ3v) is 4.59. The van der Waals surface area contributed by atoms with E-state index in [0.717, 1.165) is 22.7 Å². The molecular weight excluding hydrogens is 366 g/mol. The van der Waals surface area contributed by atoms with Crippen molar-refractivity contribution in [3.05, 3.63) is 81.8 Å². The maximum Gasteiger partial charge on any atom is 0.274 e. The number of ketones is 1. The van der Waals surface area contributed by atoms with Crippen molar-refractivity contribution >= 4 is 21.7 Å². The first-order valence-electron chi connectivity index (χ1n) is 7.81. The van der Waals surface area contributed by atoms with Gasteiger partial charge in [0.2, 0.25) is 5.82 Å². The SMILES string of the molecule is Cc1nn(CC(=O)c2ccc(Br)cc2)c(C)[n+]1Cc1ccccc1. The molecule has 0 aliphatic carbocycles. The average molecular weight is 385 g/mol. The van der Waals surface area contributed by atoms with Crippen LogP contribution in [0.3, 0.4) is 0 Å². The van der Waals surface area contributed by atoms with Crippen LogP contribution in [0.1, 0.15) is 27.6 Å². The first-order valence-corrected chi connectivity index (χ1v) is 8.60. The van der Waals surface area contributed by atoms with Gasteiger partial charge in [-0.05, 0) is 17.7 Å². The lowest BCUT2D eigenvalue weighted by atomic mass is 10.1. The van der Waals surface area contributed by atoms with Gasteiger partial charge in [-0.1, -0.05) is 58.4 Å². The number of carbonyl (C=O) groups excluding carboxylic acids is 1. The van der Waals surface area contributed by atoms with Gasteiger partial charge in [0.1, 0.15) is 0 Å². The van der Waals surface area contributed by atoms with Gasteiger partial charge in [-0.25, -0.2) is 4.57 Å². The van der Waals surface area contributed by atoms with Crippen molar-refractivity contribution in [2.45, 2.75) is 26.9 Å². The van der Waals surface area contributed by atoms with E-state index in [2.05, 4.69) is 37.7 Å². The van der Waals surface area contributed by atoms with Gasteiger partial charge in [0.25, 0.3) is 5.82 Å². The van der Waals surface area contributed by atoms with E-state index >= 15 is 0 Å². The van der Waals surface area contributed by atoms with Crippen LogP contribution in [0.15, 0.2) is 59.1 Å². The highest BCUT2D eigenvalue weighted by Gasteiger charge is 2.22. The maximum absolute atomic E-state index is 12.5. The molecule has 0 radical (unpaired) electrons. The topological polar surface area (TPSA) is 38.8 Å². The number of benzene rings is 2. The maximum atomic E-state index is 12.5. The molecular formula is C19H19BrN3O+. The van der Waals surface area contributed by atoms with E-state index in [0.29, 0.717) is 5.56 Å². The van der Waals surface area contributed by atoms with Crippen LogP contribution in [0.5, 0.6) is 0 Å². The number of hydrogen-bond donors (Lipinski definition) is 0. The molecule has 0 fully saturated rings. The van der Waals surface area contributed by atoms with Crippen molar-refractivity contribution in [2.24, 2.45) is 0 Å². The van der Waals surface area contributed by atoms with Gasteiger partial charge in [-0.3, -0.25) is 4.79 Å².